The van der Waals surface area contributed by atoms with Crippen LogP contribution in [0.1, 0.15) is 21.5 Å². The Morgan fingerprint density at radius 2 is 1.75 bits per heavy atom. The van der Waals surface area contributed by atoms with Gasteiger partial charge in [-0.05, 0) is 29.3 Å². The van der Waals surface area contributed by atoms with Gasteiger partial charge in [0.1, 0.15) is 12.4 Å². The zero-order chi connectivity index (χ0) is 14.5. The van der Waals surface area contributed by atoms with Crippen LogP contribution in [-0.2, 0) is 13.2 Å². The average Bonchev–Trinajstić information content (AvgIpc) is 2.46. The summed E-state index contributed by atoms with van der Waals surface area (Å²) in [6.45, 7) is 0.326. The van der Waals surface area contributed by atoms with Crippen molar-refractivity contribution in [3.63, 3.8) is 0 Å². The van der Waals surface area contributed by atoms with E-state index in [0.717, 1.165) is 11.1 Å². The fourth-order valence-corrected chi connectivity index (χ4v) is 1.71. The Kier molecular flexibility index (Phi) is 4.22. The molecule has 0 heterocycles. The third kappa shape index (κ3) is 3.27. The van der Waals surface area contributed by atoms with E-state index >= 15 is 0 Å². The normalized spacial score (nSPS) is 10.2. The molecule has 0 aromatic heterocycles. The number of carboxylic acid groups (broad SMARTS) is 1. The van der Waals surface area contributed by atoms with Gasteiger partial charge in [-0.3, -0.25) is 0 Å². The SMILES string of the molecule is Nc1cc(C(=O)O)ccc1OCc1ccc(CO)cc1. The number of hydrogen-bond acceptors (Lipinski definition) is 4. The summed E-state index contributed by atoms with van der Waals surface area (Å²) in [4.78, 5) is 10.8. The Morgan fingerprint density at radius 3 is 2.30 bits per heavy atom. The molecule has 0 aliphatic carbocycles. The number of hydrogen-bond donors (Lipinski definition) is 3. The van der Waals surface area contributed by atoms with E-state index in [1.807, 2.05) is 24.3 Å². The van der Waals surface area contributed by atoms with Crippen molar-refractivity contribution in [3.8, 4) is 5.75 Å². The molecule has 0 amide bonds. The molecule has 0 radical (unpaired) electrons. The minimum absolute atomic E-state index is 0.00470. The number of nitrogens with two attached hydrogens (primary N) is 1. The van der Waals surface area contributed by atoms with Gasteiger partial charge in [0, 0.05) is 0 Å². The van der Waals surface area contributed by atoms with E-state index in [4.69, 9.17) is 20.7 Å². The van der Waals surface area contributed by atoms with Crippen LogP contribution in [0.2, 0.25) is 0 Å². The molecule has 0 aliphatic rings. The molecule has 0 aliphatic heterocycles. The standard InChI is InChI=1S/C15H15NO4/c16-13-7-12(15(18)19)5-6-14(13)20-9-11-3-1-10(8-17)2-4-11/h1-7,17H,8-9,16H2,(H,18,19). The lowest BCUT2D eigenvalue weighted by Crippen LogP contribution is -2.02. The van der Waals surface area contributed by atoms with Crippen molar-refractivity contribution in [2.75, 3.05) is 5.73 Å². The second kappa shape index (κ2) is 6.08. The molecule has 20 heavy (non-hydrogen) atoms. The van der Waals surface area contributed by atoms with Gasteiger partial charge < -0.3 is 20.7 Å². The second-order valence-corrected chi connectivity index (χ2v) is 4.32. The summed E-state index contributed by atoms with van der Waals surface area (Å²) >= 11 is 0. The lowest BCUT2D eigenvalue weighted by Gasteiger charge is -2.10. The summed E-state index contributed by atoms with van der Waals surface area (Å²) < 4.78 is 5.55. The highest BCUT2D eigenvalue weighted by Crippen LogP contribution is 2.23. The van der Waals surface area contributed by atoms with E-state index in [9.17, 15) is 4.79 Å². The Hall–Kier alpha value is -2.53. The van der Waals surface area contributed by atoms with Crippen molar-refractivity contribution >= 4 is 11.7 Å². The number of rotatable bonds is 5. The van der Waals surface area contributed by atoms with Gasteiger partial charge in [-0.2, -0.15) is 0 Å². The number of carboxylic acids is 1. The van der Waals surface area contributed by atoms with Crippen LogP contribution in [0.4, 0.5) is 5.69 Å². The van der Waals surface area contributed by atoms with E-state index in [-0.39, 0.29) is 17.9 Å². The number of anilines is 1. The molecule has 0 atom stereocenters. The van der Waals surface area contributed by atoms with E-state index in [1.165, 1.54) is 12.1 Å². The number of ether oxygens (including phenoxy) is 1. The number of benzene rings is 2. The van der Waals surface area contributed by atoms with Crippen molar-refractivity contribution in [2.45, 2.75) is 13.2 Å². The Bertz CT molecular complexity index is 608. The first-order valence-electron chi connectivity index (χ1n) is 6.04. The number of carbonyl (C=O) groups is 1. The van der Waals surface area contributed by atoms with Crippen molar-refractivity contribution < 1.29 is 19.7 Å². The highest BCUT2D eigenvalue weighted by molar-refractivity contribution is 5.89. The number of aliphatic hydroxyl groups excluding tert-OH is 1. The number of aliphatic hydroxyl groups is 1. The molecular formula is C15H15NO4. The molecule has 0 saturated heterocycles. The molecule has 2 aromatic rings. The van der Waals surface area contributed by atoms with E-state index < -0.39 is 5.97 Å². The predicted molar refractivity (Wildman–Crippen MR) is 74.5 cm³/mol. The molecule has 0 bridgehead atoms. The first-order valence-corrected chi connectivity index (χ1v) is 6.04. The zero-order valence-electron chi connectivity index (χ0n) is 10.7. The first kappa shape index (κ1) is 13.9. The molecule has 5 nitrogen and oxygen atoms in total. The van der Waals surface area contributed by atoms with Crippen molar-refractivity contribution in [2.24, 2.45) is 0 Å². The van der Waals surface area contributed by atoms with Crippen LogP contribution < -0.4 is 10.5 Å². The Balaban J connectivity index is 2.04. The van der Waals surface area contributed by atoms with Crippen LogP contribution in [0.15, 0.2) is 42.5 Å². The third-order valence-electron chi connectivity index (χ3n) is 2.86. The zero-order valence-corrected chi connectivity index (χ0v) is 10.7. The van der Waals surface area contributed by atoms with Crippen molar-refractivity contribution in [3.05, 3.63) is 59.2 Å². The molecule has 5 heteroatoms. The predicted octanol–water partition coefficient (Wildman–Crippen LogP) is 2.04. The van der Waals surface area contributed by atoms with E-state index in [0.29, 0.717) is 12.4 Å². The summed E-state index contributed by atoms with van der Waals surface area (Å²) in [5.41, 5.74) is 7.93. The minimum Gasteiger partial charge on any atom is -0.487 e. The summed E-state index contributed by atoms with van der Waals surface area (Å²) in [5, 5.41) is 17.8. The fraction of sp³-hybridized carbons (Fsp3) is 0.133. The molecular weight excluding hydrogens is 258 g/mol. The lowest BCUT2D eigenvalue weighted by molar-refractivity contribution is 0.0697. The molecule has 0 saturated carbocycles. The van der Waals surface area contributed by atoms with Crippen LogP contribution in [0.5, 0.6) is 5.75 Å². The van der Waals surface area contributed by atoms with Gasteiger partial charge in [0.15, 0.2) is 0 Å². The van der Waals surface area contributed by atoms with Crippen molar-refractivity contribution in [1.29, 1.82) is 0 Å². The smallest absolute Gasteiger partial charge is 0.335 e. The fourth-order valence-electron chi connectivity index (χ4n) is 1.71. The summed E-state index contributed by atoms with van der Waals surface area (Å²) in [5.74, 6) is -0.580. The maximum atomic E-state index is 10.8. The minimum atomic E-state index is -1.03. The average molecular weight is 273 g/mol. The van der Waals surface area contributed by atoms with Crippen LogP contribution in [0.25, 0.3) is 0 Å². The third-order valence-corrected chi connectivity index (χ3v) is 2.86. The van der Waals surface area contributed by atoms with Crippen LogP contribution >= 0.6 is 0 Å². The molecule has 104 valence electrons. The van der Waals surface area contributed by atoms with Gasteiger partial charge in [0.05, 0.1) is 17.9 Å². The molecule has 4 N–H and O–H groups in total. The monoisotopic (exact) mass is 273 g/mol. The van der Waals surface area contributed by atoms with Gasteiger partial charge >= 0.3 is 5.97 Å². The molecule has 2 aromatic carbocycles. The van der Waals surface area contributed by atoms with Crippen molar-refractivity contribution in [1.82, 2.24) is 0 Å². The molecule has 0 spiro atoms. The van der Waals surface area contributed by atoms with Gasteiger partial charge in [-0.15, -0.1) is 0 Å². The maximum Gasteiger partial charge on any atom is 0.335 e. The Labute approximate surface area is 116 Å². The number of nitrogen functional groups attached to an aromatic ring is 1. The summed E-state index contributed by atoms with van der Waals surface area (Å²) in [6, 6.07) is 11.7. The van der Waals surface area contributed by atoms with Crippen LogP contribution in [0, 0.1) is 0 Å². The Morgan fingerprint density at radius 1 is 1.10 bits per heavy atom. The van der Waals surface area contributed by atoms with E-state index in [2.05, 4.69) is 0 Å². The molecule has 0 fully saturated rings. The highest BCUT2D eigenvalue weighted by Gasteiger charge is 2.07. The van der Waals surface area contributed by atoms with Gasteiger partial charge in [0.25, 0.3) is 0 Å². The topological polar surface area (TPSA) is 92.8 Å². The van der Waals surface area contributed by atoms with Gasteiger partial charge in [0.2, 0.25) is 0 Å². The first-order chi connectivity index (χ1) is 9.60. The van der Waals surface area contributed by atoms with Gasteiger partial charge in [-0.25, -0.2) is 4.79 Å². The summed E-state index contributed by atoms with van der Waals surface area (Å²) in [6.07, 6.45) is 0. The quantitative estimate of drug-likeness (QED) is 0.725. The second-order valence-electron chi connectivity index (χ2n) is 4.32. The summed E-state index contributed by atoms with van der Waals surface area (Å²) in [7, 11) is 0. The molecule has 2 rings (SSSR count). The van der Waals surface area contributed by atoms with E-state index in [1.54, 1.807) is 6.07 Å². The maximum absolute atomic E-state index is 10.8. The molecule has 0 unspecified atom stereocenters. The van der Waals surface area contributed by atoms with Crippen LogP contribution in [-0.4, -0.2) is 16.2 Å². The largest absolute Gasteiger partial charge is 0.487 e. The lowest BCUT2D eigenvalue weighted by atomic mass is 10.1. The number of aromatic carboxylic acids is 1. The van der Waals surface area contributed by atoms with Crippen LogP contribution in [0.3, 0.4) is 0 Å². The highest BCUT2D eigenvalue weighted by atomic mass is 16.5. The van der Waals surface area contributed by atoms with Gasteiger partial charge in [-0.1, -0.05) is 24.3 Å².